The number of tetrazole rings is 1. The summed E-state index contributed by atoms with van der Waals surface area (Å²) in [6.45, 7) is 4.04. The highest BCUT2D eigenvalue weighted by Gasteiger charge is 2.08. The number of nitrogens with zero attached hydrogens (tertiary/aromatic N) is 7. The maximum atomic E-state index is 9.18. The Kier molecular flexibility index (Phi) is 4.29. The van der Waals surface area contributed by atoms with Gasteiger partial charge in [0.15, 0.2) is 0 Å². The second-order valence-corrected chi connectivity index (χ2v) is 5.06. The van der Waals surface area contributed by atoms with Crippen LogP contribution in [0.25, 0.3) is 11.3 Å². The Balaban J connectivity index is 1.87. The average Bonchev–Trinajstić information content (AvgIpc) is 3.28. The molecular weight excluding hydrogens is 306 g/mol. The molecule has 120 valence electrons. The van der Waals surface area contributed by atoms with Crippen molar-refractivity contribution < 1.29 is 0 Å². The van der Waals surface area contributed by atoms with Crippen LogP contribution < -0.4 is 5.32 Å². The molecule has 3 rings (SSSR count). The molecule has 2 aromatic heterocycles. The van der Waals surface area contributed by atoms with Gasteiger partial charge in [-0.25, -0.2) is 4.68 Å². The molecule has 0 saturated carbocycles. The molecule has 9 heteroatoms. The SMILES string of the molecule is CCc1cn(-c2cc(NC=C(C#N)c3nn[nH]n3)ccc2C)nn1. The van der Waals surface area contributed by atoms with Crippen LogP contribution in [0.15, 0.2) is 30.6 Å². The van der Waals surface area contributed by atoms with Gasteiger partial charge in [0, 0.05) is 11.9 Å². The Morgan fingerprint density at radius 1 is 1.42 bits per heavy atom. The maximum Gasteiger partial charge on any atom is 0.216 e. The van der Waals surface area contributed by atoms with Crippen molar-refractivity contribution >= 4 is 11.3 Å². The summed E-state index contributed by atoms with van der Waals surface area (Å²) in [5.74, 6) is 0.237. The van der Waals surface area contributed by atoms with Gasteiger partial charge in [-0.05, 0) is 36.3 Å². The molecule has 0 bridgehead atoms. The third-order valence-corrected chi connectivity index (χ3v) is 3.45. The second kappa shape index (κ2) is 6.70. The van der Waals surface area contributed by atoms with E-state index in [1.54, 1.807) is 4.68 Å². The first-order valence-electron chi connectivity index (χ1n) is 7.34. The van der Waals surface area contributed by atoms with E-state index in [1.165, 1.54) is 6.20 Å². The van der Waals surface area contributed by atoms with Crippen molar-refractivity contribution in [3.63, 3.8) is 0 Å². The second-order valence-electron chi connectivity index (χ2n) is 5.06. The zero-order chi connectivity index (χ0) is 16.9. The standard InChI is InChI=1S/C15H15N9/c1-3-12-9-24(23-18-12)14-6-13(5-4-10(14)2)17-8-11(7-16)15-19-21-22-20-15/h4-6,8-9,17H,3H2,1-2H3,(H,19,20,21,22). The monoisotopic (exact) mass is 321 g/mol. The quantitative estimate of drug-likeness (QED) is 0.685. The van der Waals surface area contributed by atoms with E-state index in [1.807, 2.05) is 44.3 Å². The number of benzene rings is 1. The van der Waals surface area contributed by atoms with Gasteiger partial charge in [0.1, 0.15) is 11.6 Å². The van der Waals surface area contributed by atoms with Crippen molar-refractivity contribution in [2.75, 3.05) is 5.32 Å². The molecule has 0 amide bonds. The Labute approximate surface area is 138 Å². The first-order chi connectivity index (χ1) is 11.7. The number of H-pyrrole nitrogens is 1. The topological polar surface area (TPSA) is 121 Å². The van der Waals surface area contributed by atoms with E-state index in [0.29, 0.717) is 0 Å². The molecule has 3 aromatic rings. The Bertz CT molecular complexity index is 899. The number of nitrogens with one attached hydrogen (secondary N) is 2. The number of nitriles is 1. The molecule has 0 aliphatic heterocycles. The number of aryl methyl sites for hydroxylation is 2. The minimum absolute atomic E-state index is 0.237. The zero-order valence-electron chi connectivity index (χ0n) is 13.2. The van der Waals surface area contributed by atoms with Crippen molar-refractivity contribution in [3.05, 3.63) is 47.7 Å². The van der Waals surface area contributed by atoms with E-state index in [2.05, 4.69) is 36.3 Å². The molecule has 0 fully saturated rings. The van der Waals surface area contributed by atoms with Crippen molar-refractivity contribution in [1.82, 2.24) is 35.6 Å². The van der Waals surface area contributed by atoms with Crippen LogP contribution in [0.4, 0.5) is 5.69 Å². The largest absolute Gasteiger partial charge is 0.360 e. The Morgan fingerprint density at radius 2 is 2.29 bits per heavy atom. The zero-order valence-corrected chi connectivity index (χ0v) is 13.2. The van der Waals surface area contributed by atoms with Gasteiger partial charge in [0.2, 0.25) is 5.82 Å². The maximum absolute atomic E-state index is 9.18. The minimum atomic E-state index is 0.237. The van der Waals surface area contributed by atoms with E-state index in [0.717, 1.165) is 29.1 Å². The lowest BCUT2D eigenvalue weighted by Gasteiger charge is -2.08. The molecule has 0 aliphatic rings. The van der Waals surface area contributed by atoms with Gasteiger partial charge in [-0.3, -0.25) is 0 Å². The summed E-state index contributed by atoms with van der Waals surface area (Å²) in [6.07, 6.45) is 4.27. The first kappa shape index (κ1) is 15.4. The third-order valence-electron chi connectivity index (χ3n) is 3.45. The summed E-state index contributed by atoms with van der Waals surface area (Å²) in [5.41, 5.74) is 3.99. The van der Waals surface area contributed by atoms with Gasteiger partial charge in [-0.15, -0.1) is 15.3 Å². The van der Waals surface area contributed by atoms with E-state index >= 15 is 0 Å². The van der Waals surface area contributed by atoms with Crippen LogP contribution >= 0.6 is 0 Å². The fourth-order valence-electron chi connectivity index (χ4n) is 2.10. The molecule has 2 N–H and O–H groups in total. The number of hydrogen-bond acceptors (Lipinski definition) is 7. The first-order valence-corrected chi connectivity index (χ1v) is 7.34. The van der Waals surface area contributed by atoms with E-state index in [9.17, 15) is 5.26 Å². The Morgan fingerprint density at radius 3 is 2.96 bits per heavy atom. The molecule has 0 atom stereocenters. The Hall–Kier alpha value is -3.54. The number of aromatic amines is 1. The lowest BCUT2D eigenvalue weighted by atomic mass is 10.2. The van der Waals surface area contributed by atoms with Crippen LogP contribution in [0, 0.1) is 18.3 Å². The summed E-state index contributed by atoms with van der Waals surface area (Å²) < 4.78 is 1.74. The fraction of sp³-hybridized carbons (Fsp3) is 0.200. The van der Waals surface area contributed by atoms with Gasteiger partial charge in [-0.2, -0.15) is 10.5 Å². The average molecular weight is 321 g/mol. The van der Waals surface area contributed by atoms with Gasteiger partial charge in [0.25, 0.3) is 0 Å². The summed E-state index contributed by atoms with van der Waals surface area (Å²) in [5, 5.41) is 33.9. The van der Waals surface area contributed by atoms with Crippen LogP contribution in [-0.4, -0.2) is 35.6 Å². The smallest absolute Gasteiger partial charge is 0.216 e. The number of rotatable bonds is 5. The molecular formula is C15H15N9. The molecule has 0 aliphatic carbocycles. The van der Waals surface area contributed by atoms with Gasteiger partial charge in [0.05, 0.1) is 17.6 Å². The summed E-state index contributed by atoms with van der Waals surface area (Å²) in [7, 11) is 0. The van der Waals surface area contributed by atoms with Crippen molar-refractivity contribution in [2.45, 2.75) is 20.3 Å². The summed E-state index contributed by atoms with van der Waals surface area (Å²) in [4.78, 5) is 0. The van der Waals surface area contributed by atoms with E-state index < -0.39 is 0 Å². The number of hydrogen-bond donors (Lipinski definition) is 2. The number of aromatic nitrogens is 7. The van der Waals surface area contributed by atoms with Crippen LogP contribution in [0.3, 0.4) is 0 Å². The molecule has 2 heterocycles. The highest BCUT2D eigenvalue weighted by atomic mass is 15.5. The van der Waals surface area contributed by atoms with Crippen LogP contribution in [-0.2, 0) is 6.42 Å². The minimum Gasteiger partial charge on any atom is -0.360 e. The fourth-order valence-corrected chi connectivity index (χ4v) is 2.10. The molecule has 0 saturated heterocycles. The van der Waals surface area contributed by atoms with Gasteiger partial charge in [-0.1, -0.05) is 18.2 Å². The predicted octanol–water partition coefficient (Wildman–Crippen LogP) is 1.63. The predicted molar refractivity (Wildman–Crippen MR) is 86.9 cm³/mol. The van der Waals surface area contributed by atoms with E-state index in [4.69, 9.17) is 0 Å². The van der Waals surface area contributed by atoms with Crippen LogP contribution in [0.1, 0.15) is 24.0 Å². The molecule has 0 radical (unpaired) electrons. The summed E-state index contributed by atoms with van der Waals surface area (Å²) in [6, 6.07) is 7.85. The summed E-state index contributed by atoms with van der Waals surface area (Å²) >= 11 is 0. The van der Waals surface area contributed by atoms with Crippen LogP contribution in [0.5, 0.6) is 0 Å². The van der Waals surface area contributed by atoms with Crippen molar-refractivity contribution in [1.29, 1.82) is 5.26 Å². The highest BCUT2D eigenvalue weighted by molar-refractivity contribution is 5.74. The molecule has 24 heavy (non-hydrogen) atoms. The molecule has 9 nitrogen and oxygen atoms in total. The van der Waals surface area contributed by atoms with Crippen LogP contribution in [0.2, 0.25) is 0 Å². The van der Waals surface area contributed by atoms with Gasteiger partial charge >= 0.3 is 0 Å². The third kappa shape index (κ3) is 3.12. The molecule has 1 aromatic carbocycles. The normalized spacial score (nSPS) is 11.3. The van der Waals surface area contributed by atoms with Crippen molar-refractivity contribution in [2.24, 2.45) is 0 Å². The van der Waals surface area contributed by atoms with E-state index in [-0.39, 0.29) is 11.4 Å². The lowest BCUT2D eigenvalue weighted by molar-refractivity contribution is 0.794. The highest BCUT2D eigenvalue weighted by Crippen LogP contribution is 2.20. The van der Waals surface area contributed by atoms with Gasteiger partial charge < -0.3 is 5.32 Å². The van der Waals surface area contributed by atoms with Crippen molar-refractivity contribution in [3.8, 4) is 11.8 Å². The number of anilines is 1. The molecule has 0 spiro atoms. The molecule has 0 unspecified atom stereocenters. The number of allylic oxidation sites excluding steroid dienone is 1. The lowest BCUT2D eigenvalue weighted by Crippen LogP contribution is -2.00.